The summed E-state index contributed by atoms with van der Waals surface area (Å²) >= 11 is 0. The molecule has 37 heavy (non-hydrogen) atoms. The van der Waals surface area contributed by atoms with E-state index in [1.807, 2.05) is 0 Å². The monoisotopic (exact) mass is 550 g/mol. The molecule has 218 valence electrons. The number of quaternary nitrogens is 1. The van der Waals surface area contributed by atoms with Gasteiger partial charge in [-0.15, -0.1) is 0 Å². The van der Waals surface area contributed by atoms with Crippen LogP contribution in [0.5, 0.6) is 0 Å². The average molecular weight is 551 g/mol. The van der Waals surface area contributed by atoms with Crippen LogP contribution in [0.1, 0.15) is 90.9 Å². The van der Waals surface area contributed by atoms with Crippen molar-refractivity contribution in [3.05, 3.63) is 24.3 Å². The van der Waals surface area contributed by atoms with E-state index in [1.165, 1.54) is 25.7 Å². The van der Waals surface area contributed by atoms with E-state index in [-0.39, 0.29) is 30.5 Å². The van der Waals surface area contributed by atoms with Gasteiger partial charge in [0, 0.05) is 19.3 Å². The van der Waals surface area contributed by atoms with Gasteiger partial charge in [0.15, 0.2) is 12.1 Å². The largest absolute Gasteiger partial charge is 0.463 e. The summed E-state index contributed by atoms with van der Waals surface area (Å²) in [5.41, 5.74) is 0. The van der Waals surface area contributed by atoms with Crippen LogP contribution in [0.4, 0.5) is 0 Å². The molecule has 4 N–H and O–H groups in total. The Morgan fingerprint density at radius 2 is 1.43 bits per heavy atom. The Labute approximate surface area is 224 Å². The topological polar surface area (TPSA) is 134 Å². The lowest BCUT2D eigenvalue weighted by Crippen LogP contribution is -2.50. The third kappa shape index (κ3) is 18.8. The summed E-state index contributed by atoms with van der Waals surface area (Å²) in [5.74, 6) is -1.23. The summed E-state index contributed by atoms with van der Waals surface area (Å²) in [6, 6.07) is 0. The molecule has 0 radical (unpaired) electrons. The predicted molar refractivity (Wildman–Crippen MR) is 147 cm³/mol. The van der Waals surface area contributed by atoms with Crippen LogP contribution in [0.2, 0.25) is 0 Å². The first-order chi connectivity index (χ1) is 17.5. The molecule has 2 unspecified atom stereocenters. The maximum atomic E-state index is 12.8. The zero-order valence-electron chi connectivity index (χ0n) is 23.5. The number of esters is 1. The minimum absolute atomic E-state index is 0.0505. The number of aliphatic hydroxyl groups excluding tert-OH is 2. The van der Waals surface area contributed by atoms with Crippen molar-refractivity contribution in [1.29, 1.82) is 0 Å². The Bertz CT molecular complexity index is 696. The summed E-state index contributed by atoms with van der Waals surface area (Å²) in [6.07, 6.45) is 16.2. The normalized spacial score (nSPS) is 15.9. The van der Waals surface area contributed by atoms with Gasteiger partial charge in [-0.25, -0.2) is 0 Å². The van der Waals surface area contributed by atoms with Gasteiger partial charge >= 0.3 is 13.6 Å². The second-order valence-electron chi connectivity index (χ2n) is 10.1. The maximum absolute atomic E-state index is 12.8. The van der Waals surface area contributed by atoms with Gasteiger partial charge in [-0.1, -0.05) is 51.0 Å². The lowest BCUT2D eigenvalue weighted by atomic mass is 10.1. The van der Waals surface area contributed by atoms with E-state index in [0.29, 0.717) is 12.8 Å². The van der Waals surface area contributed by atoms with E-state index in [2.05, 4.69) is 31.2 Å². The van der Waals surface area contributed by atoms with Gasteiger partial charge in [-0.2, -0.15) is 0 Å². The summed E-state index contributed by atoms with van der Waals surface area (Å²) in [7, 11) is -0.707. The summed E-state index contributed by atoms with van der Waals surface area (Å²) < 4.78 is 23.1. The van der Waals surface area contributed by atoms with Crippen molar-refractivity contribution in [2.75, 3.05) is 33.9 Å². The van der Waals surface area contributed by atoms with E-state index in [0.717, 1.165) is 25.7 Å². The first-order valence-electron chi connectivity index (χ1n) is 13.8. The highest BCUT2D eigenvalue weighted by Crippen LogP contribution is 2.52. The van der Waals surface area contributed by atoms with E-state index in [9.17, 15) is 19.4 Å². The van der Waals surface area contributed by atoms with Crippen molar-refractivity contribution in [3.63, 3.8) is 0 Å². The van der Waals surface area contributed by atoms with Crippen LogP contribution in [-0.4, -0.2) is 82.7 Å². The van der Waals surface area contributed by atoms with Crippen LogP contribution in [0, 0.1) is 0 Å². The SMILES string of the molecule is CCCC/C=C\CCCC/C=C\CCCC(=O)OC[C@@H](O)COP(=O)(O)C(CC)[N+](C)(C)CCC(O)O. The number of aliphatic hydroxyl groups is 3. The van der Waals surface area contributed by atoms with Crippen molar-refractivity contribution < 1.29 is 43.3 Å². The van der Waals surface area contributed by atoms with Crippen molar-refractivity contribution in [2.45, 2.75) is 109 Å². The molecule has 0 aromatic rings. The van der Waals surface area contributed by atoms with Crippen molar-refractivity contribution in [1.82, 2.24) is 0 Å². The molecule has 0 rings (SSSR count). The van der Waals surface area contributed by atoms with Crippen molar-refractivity contribution in [3.8, 4) is 0 Å². The number of hydrogen-bond acceptors (Lipinski definition) is 7. The second kappa shape index (κ2) is 20.8. The fourth-order valence-corrected chi connectivity index (χ4v) is 5.91. The number of rotatable bonds is 23. The standard InChI is InChI=1S/C27H52NO8P/c1-5-7-8-9-10-11-12-13-14-15-16-17-18-19-27(32)35-22-24(29)23-36-37(33,34)25(6-2)28(3,4)21-20-26(30)31/h9-10,15-16,24-26,29-31H,5-8,11-14,17-23H2,1-4H3/p+1/b10-9-,16-15-/t24-,25?/m1/s1. The molecule has 0 aliphatic rings. The van der Waals surface area contributed by atoms with Crippen molar-refractivity contribution in [2.24, 2.45) is 0 Å². The van der Waals surface area contributed by atoms with Gasteiger partial charge in [-0.3, -0.25) is 9.36 Å². The highest BCUT2D eigenvalue weighted by Gasteiger charge is 2.43. The number of nitrogens with zero attached hydrogens (tertiary/aromatic N) is 1. The average Bonchev–Trinajstić information content (AvgIpc) is 2.83. The van der Waals surface area contributed by atoms with Gasteiger partial charge in [0.05, 0.1) is 27.2 Å². The van der Waals surface area contributed by atoms with Crippen LogP contribution in [0.3, 0.4) is 0 Å². The smallest absolute Gasteiger partial charge is 0.385 e. The third-order valence-corrected chi connectivity index (χ3v) is 8.46. The molecule has 0 bridgehead atoms. The molecular weight excluding hydrogens is 497 g/mol. The minimum atomic E-state index is -4.13. The molecule has 0 saturated carbocycles. The lowest BCUT2D eigenvalue weighted by molar-refractivity contribution is -0.903. The Balaban J connectivity index is 4.10. The van der Waals surface area contributed by atoms with Crippen molar-refractivity contribution >= 4 is 13.6 Å². The zero-order valence-corrected chi connectivity index (χ0v) is 24.4. The molecule has 3 atom stereocenters. The van der Waals surface area contributed by atoms with E-state index < -0.39 is 38.3 Å². The highest BCUT2D eigenvalue weighted by atomic mass is 31.2. The molecular formula is C27H53NO8P+. The number of carbonyl (C=O) groups excluding carboxylic acids is 1. The lowest BCUT2D eigenvalue weighted by Gasteiger charge is -2.39. The molecule has 0 aromatic heterocycles. The highest BCUT2D eigenvalue weighted by molar-refractivity contribution is 7.53. The Morgan fingerprint density at radius 1 is 0.892 bits per heavy atom. The molecule has 0 aliphatic carbocycles. The number of carbonyl (C=O) groups is 1. The number of unbranched alkanes of at least 4 members (excludes halogenated alkanes) is 6. The fraction of sp³-hybridized carbons (Fsp3) is 0.815. The molecule has 9 nitrogen and oxygen atoms in total. The summed E-state index contributed by atoms with van der Waals surface area (Å²) in [6.45, 7) is 3.44. The first-order valence-corrected chi connectivity index (χ1v) is 15.4. The molecule has 10 heteroatoms. The molecule has 0 aromatic carbocycles. The van der Waals surface area contributed by atoms with Crippen LogP contribution < -0.4 is 0 Å². The maximum Gasteiger partial charge on any atom is 0.385 e. The molecule has 0 aliphatic heterocycles. The van der Waals surface area contributed by atoms with Crippen LogP contribution in [-0.2, 0) is 18.6 Å². The van der Waals surface area contributed by atoms with Crippen LogP contribution in [0.25, 0.3) is 0 Å². The number of hydrogen-bond donors (Lipinski definition) is 4. The van der Waals surface area contributed by atoms with Gasteiger partial charge < -0.3 is 34.0 Å². The molecule has 0 heterocycles. The molecule has 0 saturated heterocycles. The molecule has 0 amide bonds. The van der Waals surface area contributed by atoms with Gasteiger partial charge in [-0.05, 0) is 44.9 Å². The summed E-state index contributed by atoms with van der Waals surface area (Å²) in [5, 5.41) is 28.3. The van der Waals surface area contributed by atoms with Gasteiger partial charge in [0.1, 0.15) is 12.7 Å². The van der Waals surface area contributed by atoms with Gasteiger partial charge in [0.2, 0.25) is 0 Å². The first kappa shape index (κ1) is 35.9. The van der Waals surface area contributed by atoms with Gasteiger partial charge in [0.25, 0.3) is 0 Å². The minimum Gasteiger partial charge on any atom is -0.463 e. The fourth-order valence-electron chi connectivity index (χ4n) is 3.99. The Kier molecular flexibility index (Phi) is 20.2. The van der Waals surface area contributed by atoms with E-state index in [4.69, 9.17) is 19.5 Å². The second-order valence-corrected chi connectivity index (χ2v) is 12.1. The third-order valence-electron chi connectivity index (χ3n) is 6.20. The van der Waals surface area contributed by atoms with Crippen LogP contribution in [0.15, 0.2) is 24.3 Å². The quantitative estimate of drug-likeness (QED) is 0.0361. The molecule has 0 spiro atoms. The van der Waals surface area contributed by atoms with E-state index >= 15 is 0 Å². The summed E-state index contributed by atoms with van der Waals surface area (Å²) in [4.78, 5) is 22.4. The predicted octanol–water partition coefficient (Wildman–Crippen LogP) is 4.64. The Morgan fingerprint density at radius 3 is 1.95 bits per heavy atom. The zero-order chi connectivity index (χ0) is 28.2. The number of allylic oxidation sites excluding steroid dienone is 4. The van der Waals surface area contributed by atoms with E-state index in [1.54, 1.807) is 21.0 Å². The Hall–Kier alpha value is -1.06. The molecule has 0 fully saturated rings. The number of ether oxygens (including phenoxy) is 1. The van der Waals surface area contributed by atoms with Crippen LogP contribution >= 0.6 is 7.60 Å².